The molecule has 0 heterocycles. The van der Waals surface area contributed by atoms with Gasteiger partial charge in [-0.05, 0) is 86.7 Å². The van der Waals surface area contributed by atoms with E-state index in [1.807, 2.05) is 24.3 Å². The average Bonchev–Trinajstić information content (AvgIpc) is 2.35. The molecule has 5 rings (SSSR count). The predicted molar refractivity (Wildman–Crippen MR) is 91.7 cm³/mol. The van der Waals surface area contributed by atoms with Crippen molar-refractivity contribution in [3.05, 3.63) is 29.3 Å². The smallest absolute Gasteiger partial charge is 0.171 e. The molecule has 0 aromatic heterocycles. The first kappa shape index (κ1) is 13.8. The van der Waals surface area contributed by atoms with Crippen molar-refractivity contribution in [1.82, 2.24) is 5.32 Å². The van der Waals surface area contributed by atoms with Gasteiger partial charge in [0.1, 0.15) is 0 Å². The summed E-state index contributed by atoms with van der Waals surface area (Å²) >= 11 is 11.6. The summed E-state index contributed by atoms with van der Waals surface area (Å²) in [6, 6.07) is 7.73. The van der Waals surface area contributed by atoms with E-state index < -0.39 is 0 Å². The van der Waals surface area contributed by atoms with Gasteiger partial charge < -0.3 is 10.6 Å². The molecule has 4 aliphatic carbocycles. The molecule has 0 aliphatic heterocycles. The van der Waals surface area contributed by atoms with Crippen LogP contribution in [-0.4, -0.2) is 10.7 Å². The summed E-state index contributed by atoms with van der Waals surface area (Å²) in [5, 5.41) is 8.45. The van der Waals surface area contributed by atoms with Crippen LogP contribution in [0.15, 0.2) is 24.3 Å². The molecular weight excluding hydrogens is 300 g/mol. The molecule has 112 valence electrons. The second-order valence-electron chi connectivity index (χ2n) is 7.29. The van der Waals surface area contributed by atoms with E-state index in [9.17, 15) is 0 Å². The summed E-state index contributed by atoms with van der Waals surface area (Å²) < 4.78 is 0. The molecule has 4 fully saturated rings. The summed E-state index contributed by atoms with van der Waals surface area (Å²) in [4.78, 5) is 0. The Labute approximate surface area is 136 Å². The lowest BCUT2D eigenvalue weighted by Gasteiger charge is -2.57. The van der Waals surface area contributed by atoms with Crippen LogP contribution < -0.4 is 10.6 Å². The van der Waals surface area contributed by atoms with Gasteiger partial charge in [0.15, 0.2) is 5.11 Å². The van der Waals surface area contributed by atoms with Gasteiger partial charge in [0, 0.05) is 16.2 Å². The molecule has 4 bridgehead atoms. The first-order chi connectivity index (χ1) is 10.1. The van der Waals surface area contributed by atoms with Crippen molar-refractivity contribution in [3.63, 3.8) is 0 Å². The standard InChI is InChI=1S/C17H21ClN2S/c18-14-2-1-3-15(7-14)19-16(21)20-17-8-11-4-12(9-17)6-13(5-11)10-17/h1-3,7,11-13H,4-6,8-10H2,(H2,19,20,21). The number of halogens is 1. The van der Waals surface area contributed by atoms with Crippen LogP contribution >= 0.6 is 23.8 Å². The number of hydrogen-bond acceptors (Lipinski definition) is 1. The van der Waals surface area contributed by atoms with Gasteiger partial charge in [0.25, 0.3) is 0 Å². The summed E-state index contributed by atoms with van der Waals surface area (Å²) in [7, 11) is 0. The number of anilines is 1. The van der Waals surface area contributed by atoms with Crippen LogP contribution in [0.1, 0.15) is 38.5 Å². The number of hydrogen-bond donors (Lipinski definition) is 2. The molecular formula is C17H21ClN2S. The Morgan fingerprint density at radius 2 is 1.71 bits per heavy atom. The van der Waals surface area contributed by atoms with Crippen molar-refractivity contribution in [2.75, 3.05) is 5.32 Å². The van der Waals surface area contributed by atoms with Crippen LogP contribution in [0.4, 0.5) is 5.69 Å². The minimum atomic E-state index is 0.261. The van der Waals surface area contributed by atoms with Crippen molar-refractivity contribution < 1.29 is 0 Å². The molecule has 0 saturated heterocycles. The van der Waals surface area contributed by atoms with E-state index in [0.29, 0.717) is 0 Å². The molecule has 0 atom stereocenters. The average molecular weight is 321 g/mol. The topological polar surface area (TPSA) is 24.1 Å². The molecule has 2 nitrogen and oxygen atoms in total. The fourth-order valence-electron chi connectivity index (χ4n) is 5.23. The second-order valence-corrected chi connectivity index (χ2v) is 8.13. The molecule has 4 aliphatic rings. The molecule has 0 spiro atoms. The molecule has 4 heteroatoms. The largest absolute Gasteiger partial charge is 0.357 e. The zero-order chi connectivity index (χ0) is 14.4. The highest BCUT2D eigenvalue weighted by molar-refractivity contribution is 7.80. The Kier molecular flexibility index (Phi) is 3.38. The van der Waals surface area contributed by atoms with Crippen molar-refractivity contribution in [1.29, 1.82) is 0 Å². The lowest BCUT2D eigenvalue weighted by Crippen LogP contribution is -2.60. The van der Waals surface area contributed by atoms with E-state index in [2.05, 4.69) is 10.6 Å². The van der Waals surface area contributed by atoms with E-state index in [1.54, 1.807) is 0 Å². The maximum atomic E-state index is 6.02. The lowest BCUT2D eigenvalue weighted by atomic mass is 9.53. The van der Waals surface area contributed by atoms with Crippen LogP contribution in [-0.2, 0) is 0 Å². The Hall–Kier alpha value is -0.800. The molecule has 4 saturated carbocycles. The van der Waals surface area contributed by atoms with Gasteiger partial charge in [-0.15, -0.1) is 0 Å². The third-order valence-electron chi connectivity index (χ3n) is 5.50. The Morgan fingerprint density at radius 1 is 1.10 bits per heavy atom. The highest BCUT2D eigenvalue weighted by atomic mass is 35.5. The van der Waals surface area contributed by atoms with Gasteiger partial charge in [0.05, 0.1) is 0 Å². The number of nitrogens with one attached hydrogen (secondary N) is 2. The molecule has 1 aromatic rings. The molecule has 0 radical (unpaired) electrons. The zero-order valence-corrected chi connectivity index (χ0v) is 13.6. The Bertz CT molecular complexity index is 536. The Balaban J connectivity index is 1.45. The molecule has 1 aromatic carbocycles. The normalized spacial score (nSPS) is 36.5. The zero-order valence-electron chi connectivity index (χ0n) is 12.1. The van der Waals surface area contributed by atoms with E-state index in [1.165, 1.54) is 38.5 Å². The summed E-state index contributed by atoms with van der Waals surface area (Å²) in [5.41, 5.74) is 1.22. The van der Waals surface area contributed by atoms with Crippen LogP contribution in [0, 0.1) is 17.8 Å². The van der Waals surface area contributed by atoms with Crippen LogP contribution in [0.5, 0.6) is 0 Å². The van der Waals surface area contributed by atoms with Gasteiger partial charge in [-0.2, -0.15) is 0 Å². The van der Waals surface area contributed by atoms with E-state index in [4.69, 9.17) is 23.8 Å². The van der Waals surface area contributed by atoms with E-state index in [0.717, 1.165) is 33.6 Å². The summed E-state index contributed by atoms with van der Waals surface area (Å²) in [6.07, 6.45) is 8.27. The van der Waals surface area contributed by atoms with E-state index in [-0.39, 0.29) is 5.54 Å². The molecule has 21 heavy (non-hydrogen) atoms. The number of benzene rings is 1. The SMILES string of the molecule is S=C(Nc1cccc(Cl)c1)NC12CC3CC(CC(C3)C1)C2. The van der Waals surface area contributed by atoms with Gasteiger partial charge in [0.2, 0.25) is 0 Å². The fraction of sp³-hybridized carbons (Fsp3) is 0.588. The van der Waals surface area contributed by atoms with Gasteiger partial charge >= 0.3 is 0 Å². The monoisotopic (exact) mass is 320 g/mol. The quantitative estimate of drug-likeness (QED) is 0.779. The highest BCUT2D eigenvalue weighted by Crippen LogP contribution is 2.55. The number of rotatable bonds is 2. The highest BCUT2D eigenvalue weighted by Gasteiger charge is 2.51. The molecule has 0 amide bonds. The maximum Gasteiger partial charge on any atom is 0.171 e. The predicted octanol–water partition coefficient (Wildman–Crippen LogP) is 4.60. The van der Waals surface area contributed by atoms with E-state index >= 15 is 0 Å². The minimum Gasteiger partial charge on any atom is -0.357 e. The first-order valence-corrected chi connectivity index (χ1v) is 8.74. The van der Waals surface area contributed by atoms with Crippen molar-refractivity contribution in [2.45, 2.75) is 44.1 Å². The molecule has 2 N–H and O–H groups in total. The van der Waals surface area contributed by atoms with Crippen molar-refractivity contribution >= 4 is 34.6 Å². The minimum absolute atomic E-state index is 0.261. The first-order valence-electron chi connectivity index (χ1n) is 7.95. The lowest BCUT2D eigenvalue weighted by molar-refractivity contribution is -0.00972. The summed E-state index contributed by atoms with van der Waals surface area (Å²) in [6.45, 7) is 0. The number of thiocarbonyl (C=S) groups is 1. The van der Waals surface area contributed by atoms with Gasteiger partial charge in [-0.25, -0.2) is 0 Å². The fourth-order valence-corrected chi connectivity index (χ4v) is 5.76. The molecule has 0 unspecified atom stereocenters. The third-order valence-corrected chi connectivity index (χ3v) is 5.94. The summed E-state index contributed by atoms with van der Waals surface area (Å²) in [5.74, 6) is 2.79. The van der Waals surface area contributed by atoms with Gasteiger partial charge in [-0.1, -0.05) is 17.7 Å². The third kappa shape index (κ3) is 2.78. The Morgan fingerprint density at radius 3 is 2.29 bits per heavy atom. The van der Waals surface area contributed by atoms with Crippen molar-refractivity contribution in [3.8, 4) is 0 Å². The van der Waals surface area contributed by atoms with Crippen LogP contribution in [0.25, 0.3) is 0 Å². The van der Waals surface area contributed by atoms with Crippen LogP contribution in [0.3, 0.4) is 0 Å². The van der Waals surface area contributed by atoms with Crippen molar-refractivity contribution in [2.24, 2.45) is 17.8 Å². The second kappa shape index (κ2) is 5.13. The van der Waals surface area contributed by atoms with Gasteiger partial charge in [-0.3, -0.25) is 0 Å². The van der Waals surface area contributed by atoms with Crippen LogP contribution in [0.2, 0.25) is 5.02 Å². The maximum absolute atomic E-state index is 6.02.